The van der Waals surface area contributed by atoms with Crippen LogP contribution in [-0.2, 0) is 15.7 Å². The van der Waals surface area contributed by atoms with Gasteiger partial charge in [0.1, 0.15) is 0 Å². The number of hydrogen-bond donors (Lipinski definition) is 2. The number of benzene rings is 2. The summed E-state index contributed by atoms with van der Waals surface area (Å²) < 4.78 is 25.4. The minimum Gasteiger partial charge on any atom is -0.481 e. The van der Waals surface area contributed by atoms with E-state index >= 15 is 0 Å². The zero-order valence-corrected chi connectivity index (χ0v) is 18.2. The number of thiol groups is 1. The Bertz CT molecular complexity index is 872. The topological polar surface area (TPSA) is 77.9 Å². The van der Waals surface area contributed by atoms with Crippen molar-refractivity contribution < 1.29 is 18.3 Å². The van der Waals surface area contributed by atoms with Crippen LogP contribution in [0.1, 0.15) is 51.4 Å². The van der Waals surface area contributed by atoms with Gasteiger partial charge in [-0.2, -0.15) is 0 Å². The molecule has 160 valence electrons. The number of aliphatic carboxylic acids is 1. The highest BCUT2D eigenvalue weighted by Crippen LogP contribution is 2.33. The SMILES string of the molecule is CN(C)c1cccc2c(N(CCCCCCCCCC(=O)O)[SH](=O)=O)cccc12. The molecule has 0 fully saturated rings. The Hall–Kier alpha value is -2.28. The molecule has 0 aromatic heterocycles. The Kier molecular flexibility index (Phi) is 9.25. The van der Waals surface area contributed by atoms with Crippen LogP contribution in [0.3, 0.4) is 0 Å². The molecular weight excluding hydrogens is 388 g/mol. The lowest BCUT2D eigenvalue weighted by atomic mass is 10.1. The van der Waals surface area contributed by atoms with Crippen LogP contribution in [-0.4, -0.2) is 40.1 Å². The molecule has 0 bridgehead atoms. The van der Waals surface area contributed by atoms with Gasteiger partial charge in [-0.3, -0.25) is 9.10 Å². The van der Waals surface area contributed by atoms with Gasteiger partial charge in [-0.25, -0.2) is 8.42 Å². The van der Waals surface area contributed by atoms with Gasteiger partial charge in [-0.15, -0.1) is 0 Å². The molecule has 29 heavy (non-hydrogen) atoms. The van der Waals surface area contributed by atoms with Crippen LogP contribution in [0.2, 0.25) is 0 Å². The zero-order valence-electron chi connectivity index (χ0n) is 17.3. The molecule has 7 heteroatoms. The predicted octanol–water partition coefficient (Wildman–Crippen LogP) is 4.44. The highest BCUT2D eigenvalue weighted by Gasteiger charge is 2.14. The fraction of sp³-hybridized carbons (Fsp3) is 0.500. The average molecular weight is 421 g/mol. The van der Waals surface area contributed by atoms with Crippen LogP contribution in [0.15, 0.2) is 36.4 Å². The number of anilines is 2. The number of nitrogens with zero attached hydrogens (tertiary/aromatic N) is 2. The van der Waals surface area contributed by atoms with Crippen molar-refractivity contribution >= 4 is 39.0 Å². The Balaban J connectivity index is 1.94. The smallest absolute Gasteiger partial charge is 0.303 e. The maximum Gasteiger partial charge on any atom is 0.303 e. The molecule has 0 saturated heterocycles. The van der Waals surface area contributed by atoms with E-state index in [1.165, 1.54) is 4.31 Å². The number of hydrogen-bond acceptors (Lipinski definition) is 4. The van der Waals surface area contributed by atoms with E-state index in [0.717, 1.165) is 67.1 Å². The summed E-state index contributed by atoms with van der Waals surface area (Å²) in [6.45, 7) is 0.475. The molecule has 0 amide bonds. The van der Waals surface area contributed by atoms with Crippen LogP contribution >= 0.6 is 0 Å². The zero-order chi connectivity index (χ0) is 21.2. The average Bonchev–Trinajstić information content (AvgIpc) is 2.68. The van der Waals surface area contributed by atoms with E-state index < -0.39 is 16.9 Å². The number of rotatable bonds is 13. The molecule has 0 heterocycles. The van der Waals surface area contributed by atoms with Gasteiger partial charge in [0.15, 0.2) is 0 Å². The first-order valence-electron chi connectivity index (χ1n) is 10.2. The summed E-state index contributed by atoms with van der Waals surface area (Å²) in [5.41, 5.74) is 1.80. The van der Waals surface area contributed by atoms with Crippen molar-refractivity contribution in [1.29, 1.82) is 0 Å². The van der Waals surface area contributed by atoms with Gasteiger partial charge in [0, 0.05) is 43.5 Å². The Morgan fingerprint density at radius 1 is 0.828 bits per heavy atom. The van der Waals surface area contributed by atoms with Crippen LogP contribution in [0.4, 0.5) is 11.4 Å². The van der Waals surface area contributed by atoms with Gasteiger partial charge < -0.3 is 10.0 Å². The van der Waals surface area contributed by atoms with Gasteiger partial charge in [0.25, 0.3) is 0 Å². The first-order valence-corrected chi connectivity index (χ1v) is 11.4. The molecular formula is C22H32N2O4S. The van der Waals surface area contributed by atoms with Crippen molar-refractivity contribution in [3.05, 3.63) is 36.4 Å². The molecule has 2 aromatic carbocycles. The Morgan fingerprint density at radius 3 is 1.90 bits per heavy atom. The van der Waals surface area contributed by atoms with E-state index in [2.05, 4.69) is 0 Å². The third-order valence-corrected chi connectivity index (χ3v) is 5.90. The predicted molar refractivity (Wildman–Crippen MR) is 121 cm³/mol. The van der Waals surface area contributed by atoms with Crippen molar-refractivity contribution in [3.8, 4) is 0 Å². The van der Waals surface area contributed by atoms with Crippen molar-refractivity contribution in [1.82, 2.24) is 0 Å². The molecule has 0 unspecified atom stereocenters. The van der Waals surface area contributed by atoms with E-state index in [1.54, 1.807) is 0 Å². The number of carboxylic acids is 1. The van der Waals surface area contributed by atoms with Crippen molar-refractivity contribution in [3.63, 3.8) is 0 Å². The summed E-state index contributed by atoms with van der Waals surface area (Å²) >= 11 is 0. The molecule has 0 spiro atoms. The second-order valence-corrected chi connectivity index (χ2v) is 8.48. The quantitative estimate of drug-likeness (QED) is 0.370. The molecule has 2 rings (SSSR count). The number of carboxylic acid groups (broad SMARTS) is 1. The normalized spacial score (nSPS) is 11.1. The molecule has 0 aliphatic rings. The number of carbonyl (C=O) groups is 1. The van der Waals surface area contributed by atoms with Gasteiger partial charge in [-0.1, -0.05) is 56.4 Å². The van der Waals surface area contributed by atoms with Crippen LogP contribution in [0, 0.1) is 0 Å². The molecule has 0 aliphatic heterocycles. The van der Waals surface area contributed by atoms with E-state index in [0.29, 0.717) is 6.54 Å². The maximum absolute atomic E-state index is 12.0. The van der Waals surface area contributed by atoms with Crippen LogP contribution in [0.25, 0.3) is 10.8 Å². The first kappa shape index (κ1) is 23.0. The first-order chi connectivity index (χ1) is 13.9. The third kappa shape index (κ3) is 6.92. The standard InChI is InChI=1S/C22H32N2O4S/c1-23(2)20-14-10-13-19-18(20)12-11-15-21(19)24(29(27)28)17-9-7-5-3-4-6-8-16-22(25)26/h10-15,29H,3-9,16-17H2,1-2H3,(H,25,26). The lowest BCUT2D eigenvalue weighted by Gasteiger charge is -2.22. The second-order valence-electron chi connectivity index (χ2n) is 7.52. The lowest BCUT2D eigenvalue weighted by molar-refractivity contribution is -0.137. The molecule has 0 saturated carbocycles. The van der Waals surface area contributed by atoms with Gasteiger partial charge in [0.2, 0.25) is 10.9 Å². The van der Waals surface area contributed by atoms with Gasteiger partial charge in [-0.05, 0) is 25.0 Å². The van der Waals surface area contributed by atoms with Crippen molar-refractivity contribution in [2.24, 2.45) is 0 Å². The van der Waals surface area contributed by atoms with Crippen LogP contribution < -0.4 is 9.21 Å². The van der Waals surface area contributed by atoms with E-state index in [1.807, 2.05) is 55.4 Å². The number of fused-ring (bicyclic) bond motifs is 1. The fourth-order valence-corrected chi connectivity index (χ4v) is 4.26. The Labute approximate surface area is 175 Å². The lowest BCUT2D eigenvalue weighted by Crippen LogP contribution is -2.22. The van der Waals surface area contributed by atoms with Crippen molar-refractivity contribution in [2.75, 3.05) is 29.8 Å². The molecule has 1 N–H and O–H groups in total. The second kappa shape index (κ2) is 11.7. The summed E-state index contributed by atoms with van der Waals surface area (Å²) in [5.74, 6) is -0.733. The monoisotopic (exact) mass is 420 g/mol. The maximum atomic E-state index is 12.0. The summed E-state index contributed by atoms with van der Waals surface area (Å²) in [6.07, 6.45) is 6.81. The Morgan fingerprint density at radius 2 is 1.34 bits per heavy atom. The summed E-state index contributed by atoms with van der Waals surface area (Å²) in [5, 5.41) is 10.6. The van der Waals surface area contributed by atoms with Crippen LogP contribution in [0.5, 0.6) is 0 Å². The van der Waals surface area contributed by atoms with Gasteiger partial charge >= 0.3 is 5.97 Å². The minimum absolute atomic E-state index is 0.242. The van der Waals surface area contributed by atoms with E-state index in [9.17, 15) is 13.2 Å². The van der Waals surface area contributed by atoms with E-state index in [4.69, 9.17) is 5.11 Å². The number of unbranched alkanes of at least 4 members (excludes halogenated alkanes) is 6. The molecule has 2 aromatic rings. The summed E-state index contributed by atoms with van der Waals surface area (Å²) in [4.78, 5) is 12.5. The highest BCUT2D eigenvalue weighted by molar-refractivity contribution is 7.74. The van der Waals surface area contributed by atoms with Crippen molar-refractivity contribution in [2.45, 2.75) is 51.4 Å². The summed E-state index contributed by atoms with van der Waals surface area (Å²) in [6, 6.07) is 11.8. The van der Waals surface area contributed by atoms with Gasteiger partial charge in [0.05, 0.1) is 5.69 Å². The van der Waals surface area contributed by atoms with E-state index in [-0.39, 0.29) is 6.42 Å². The molecule has 6 nitrogen and oxygen atoms in total. The summed E-state index contributed by atoms with van der Waals surface area (Å²) in [7, 11) is 1.25. The fourth-order valence-electron chi connectivity index (χ4n) is 3.60. The molecule has 0 aliphatic carbocycles. The molecule has 0 atom stereocenters. The minimum atomic E-state index is -2.71. The highest BCUT2D eigenvalue weighted by atomic mass is 32.2. The molecule has 0 radical (unpaired) electrons. The largest absolute Gasteiger partial charge is 0.481 e. The third-order valence-electron chi connectivity index (χ3n) is 5.09.